The predicted molar refractivity (Wildman–Crippen MR) is 129 cm³/mol. The monoisotopic (exact) mass is 471 g/mol. The maximum absolute atomic E-state index is 13.3. The summed E-state index contributed by atoms with van der Waals surface area (Å²) in [5, 5.41) is 2.93. The zero-order valence-electron chi connectivity index (χ0n) is 20.3. The van der Waals surface area contributed by atoms with Crippen molar-refractivity contribution in [2.45, 2.75) is 45.8 Å². The number of benzene rings is 2. The molecule has 0 radical (unpaired) electrons. The number of carbonyl (C=O) groups is 2. The number of halogens is 1. The van der Waals surface area contributed by atoms with Crippen LogP contribution in [0.25, 0.3) is 0 Å². The minimum absolute atomic E-state index is 0.179. The molecule has 3 amide bonds. The second-order valence-electron chi connectivity index (χ2n) is 9.69. The first-order chi connectivity index (χ1) is 16.1. The van der Waals surface area contributed by atoms with E-state index in [4.69, 9.17) is 9.47 Å². The number of nitrogens with zero attached hydrogens (tertiary/aromatic N) is 2. The quantitative estimate of drug-likeness (QED) is 0.603. The fraction of sp³-hybridized carbons (Fsp3) is 0.462. The van der Waals surface area contributed by atoms with Crippen LogP contribution in [0.15, 0.2) is 48.5 Å². The van der Waals surface area contributed by atoms with Crippen molar-refractivity contribution in [3.8, 4) is 5.75 Å². The van der Waals surface area contributed by atoms with Crippen molar-refractivity contribution in [1.29, 1.82) is 0 Å². The van der Waals surface area contributed by atoms with Crippen LogP contribution in [0.2, 0.25) is 0 Å². The molecule has 2 aromatic carbocycles. The highest BCUT2D eigenvalue weighted by Gasteiger charge is 2.27. The summed E-state index contributed by atoms with van der Waals surface area (Å²) < 4.78 is 24.5. The Bertz CT molecular complexity index is 992. The Morgan fingerprint density at radius 1 is 1.18 bits per heavy atom. The van der Waals surface area contributed by atoms with E-state index in [0.29, 0.717) is 31.1 Å². The van der Waals surface area contributed by atoms with Crippen LogP contribution >= 0.6 is 0 Å². The molecule has 8 heteroatoms. The van der Waals surface area contributed by atoms with Crippen LogP contribution in [0.5, 0.6) is 5.75 Å². The number of likely N-dealkylation sites (tertiary alicyclic amines) is 1. The Hall–Kier alpha value is -3.29. The number of ether oxygens (including phenoxy) is 2. The van der Waals surface area contributed by atoms with Crippen molar-refractivity contribution in [2.75, 3.05) is 32.0 Å². The second-order valence-corrected chi connectivity index (χ2v) is 9.69. The lowest BCUT2D eigenvalue weighted by molar-refractivity contribution is 0.0253. The van der Waals surface area contributed by atoms with E-state index in [1.807, 2.05) is 20.8 Å². The Kier molecular flexibility index (Phi) is 8.36. The average Bonchev–Trinajstić information content (AvgIpc) is 2.77. The third kappa shape index (κ3) is 7.93. The third-order valence-electron chi connectivity index (χ3n) is 5.42. The summed E-state index contributed by atoms with van der Waals surface area (Å²) in [5.41, 5.74) is 0.805. The molecule has 1 aliphatic heterocycles. The maximum Gasteiger partial charge on any atom is 0.410 e. The molecule has 1 N–H and O–H groups in total. The first-order valence-corrected chi connectivity index (χ1v) is 11.6. The molecule has 0 aliphatic carbocycles. The molecule has 3 rings (SSSR count). The molecule has 2 aromatic rings. The number of hydrogen-bond donors (Lipinski definition) is 1. The molecule has 1 unspecified atom stereocenters. The number of anilines is 1. The van der Waals surface area contributed by atoms with E-state index < -0.39 is 5.60 Å². The normalized spacial score (nSPS) is 16.0. The molecule has 184 valence electrons. The Morgan fingerprint density at radius 3 is 2.68 bits per heavy atom. The molecule has 1 heterocycles. The summed E-state index contributed by atoms with van der Waals surface area (Å²) >= 11 is 0. The zero-order chi connectivity index (χ0) is 24.7. The minimum Gasteiger partial charge on any atom is -0.489 e. The Morgan fingerprint density at radius 2 is 1.94 bits per heavy atom. The number of carbonyl (C=O) groups excluding carboxylic acids is 2. The molecule has 34 heavy (non-hydrogen) atoms. The average molecular weight is 472 g/mol. The highest BCUT2D eigenvalue weighted by Crippen LogP contribution is 2.22. The minimum atomic E-state index is -0.542. The third-order valence-corrected chi connectivity index (χ3v) is 5.42. The first-order valence-electron chi connectivity index (χ1n) is 11.6. The van der Waals surface area contributed by atoms with E-state index >= 15 is 0 Å². The highest BCUT2D eigenvalue weighted by atomic mass is 19.1. The van der Waals surface area contributed by atoms with Crippen LogP contribution < -0.4 is 10.1 Å². The van der Waals surface area contributed by atoms with E-state index in [1.54, 1.807) is 53.2 Å². The number of piperidine rings is 1. The van der Waals surface area contributed by atoms with E-state index in [-0.39, 0.29) is 30.5 Å². The molecule has 0 bridgehead atoms. The fourth-order valence-electron chi connectivity index (χ4n) is 3.86. The maximum atomic E-state index is 13.3. The van der Waals surface area contributed by atoms with Crippen LogP contribution in [-0.4, -0.2) is 54.2 Å². The lowest BCUT2D eigenvalue weighted by atomic mass is 9.98. The van der Waals surface area contributed by atoms with Gasteiger partial charge in [-0.3, -0.25) is 0 Å². The lowest BCUT2D eigenvalue weighted by Gasteiger charge is -2.35. The summed E-state index contributed by atoms with van der Waals surface area (Å²) in [4.78, 5) is 28.5. The fourth-order valence-corrected chi connectivity index (χ4v) is 3.86. The van der Waals surface area contributed by atoms with Gasteiger partial charge in [-0.2, -0.15) is 0 Å². The molecular weight excluding hydrogens is 437 g/mol. The van der Waals surface area contributed by atoms with Gasteiger partial charge in [0.2, 0.25) is 0 Å². The molecule has 1 saturated heterocycles. The van der Waals surface area contributed by atoms with Gasteiger partial charge < -0.3 is 24.6 Å². The van der Waals surface area contributed by atoms with Gasteiger partial charge in [-0.15, -0.1) is 0 Å². The Labute approximate surface area is 200 Å². The number of hydrogen-bond acceptors (Lipinski definition) is 4. The summed E-state index contributed by atoms with van der Waals surface area (Å²) in [5.74, 6) is 0.453. The van der Waals surface area contributed by atoms with Gasteiger partial charge in [0.15, 0.2) is 0 Å². The van der Waals surface area contributed by atoms with Crippen molar-refractivity contribution in [3.63, 3.8) is 0 Å². The van der Waals surface area contributed by atoms with Crippen molar-refractivity contribution in [3.05, 3.63) is 59.9 Å². The van der Waals surface area contributed by atoms with Gasteiger partial charge in [0, 0.05) is 38.4 Å². The van der Waals surface area contributed by atoms with E-state index in [0.717, 1.165) is 18.4 Å². The number of rotatable bonds is 6. The smallest absolute Gasteiger partial charge is 0.410 e. The van der Waals surface area contributed by atoms with Gasteiger partial charge in [-0.05, 0) is 69.4 Å². The van der Waals surface area contributed by atoms with E-state index in [1.165, 1.54) is 12.1 Å². The standard InChI is InChI=1S/C26H34FN3O4/c1-26(2,3)34-25(32)29(4)16-20-9-7-13-30(17-20)24(31)28-22-11-6-12-23(15-22)33-18-19-8-5-10-21(27)14-19/h5-6,8,10-12,14-15,20H,7,9,13,16-18H2,1-4H3,(H,28,31). The topological polar surface area (TPSA) is 71.1 Å². The van der Waals surface area contributed by atoms with Gasteiger partial charge in [-0.25, -0.2) is 14.0 Å². The molecule has 1 aliphatic rings. The molecule has 1 atom stereocenters. The Balaban J connectivity index is 1.51. The molecule has 1 fully saturated rings. The molecule has 0 spiro atoms. The van der Waals surface area contributed by atoms with Gasteiger partial charge in [0.25, 0.3) is 0 Å². The van der Waals surface area contributed by atoms with Crippen molar-refractivity contribution < 1.29 is 23.5 Å². The number of nitrogens with one attached hydrogen (secondary N) is 1. The predicted octanol–water partition coefficient (Wildman–Crippen LogP) is 5.52. The van der Waals surface area contributed by atoms with Gasteiger partial charge in [-0.1, -0.05) is 18.2 Å². The van der Waals surface area contributed by atoms with Crippen molar-refractivity contribution in [1.82, 2.24) is 9.80 Å². The molecular formula is C26H34FN3O4. The number of urea groups is 1. The van der Waals surface area contributed by atoms with Crippen LogP contribution in [0.1, 0.15) is 39.2 Å². The van der Waals surface area contributed by atoms with Gasteiger partial charge in [0.05, 0.1) is 0 Å². The van der Waals surface area contributed by atoms with Crippen LogP contribution in [-0.2, 0) is 11.3 Å². The molecule has 7 nitrogen and oxygen atoms in total. The second kappa shape index (κ2) is 11.2. The summed E-state index contributed by atoms with van der Waals surface area (Å²) in [6.07, 6.45) is 1.46. The number of amides is 3. The SMILES string of the molecule is CN(CC1CCCN(C(=O)Nc2cccc(OCc3cccc(F)c3)c2)C1)C(=O)OC(C)(C)C. The van der Waals surface area contributed by atoms with Crippen molar-refractivity contribution >= 4 is 17.8 Å². The van der Waals surface area contributed by atoms with Crippen LogP contribution in [0.3, 0.4) is 0 Å². The summed E-state index contributed by atoms with van der Waals surface area (Å²) in [6.45, 7) is 7.51. The van der Waals surface area contributed by atoms with Crippen LogP contribution in [0.4, 0.5) is 19.7 Å². The largest absolute Gasteiger partial charge is 0.489 e. The van der Waals surface area contributed by atoms with Crippen molar-refractivity contribution in [2.24, 2.45) is 5.92 Å². The van der Waals surface area contributed by atoms with Gasteiger partial charge in [0.1, 0.15) is 23.8 Å². The van der Waals surface area contributed by atoms with E-state index in [9.17, 15) is 14.0 Å². The lowest BCUT2D eigenvalue weighted by Crippen LogP contribution is -2.46. The molecule has 0 aromatic heterocycles. The van der Waals surface area contributed by atoms with Gasteiger partial charge >= 0.3 is 12.1 Å². The highest BCUT2D eigenvalue weighted by molar-refractivity contribution is 5.89. The zero-order valence-corrected chi connectivity index (χ0v) is 20.3. The summed E-state index contributed by atoms with van der Waals surface area (Å²) in [7, 11) is 1.72. The van der Waals surface area contributed by atoms with Crippen LogP contribution in [0, 0.1) is 11.7 Å². The summed E-state index contributed by atoms with van der Waals surface area (Å²) in [6, 6.07) is 13.2. The van der Waals surface area contributed by atoms with E-state index in [2.05, 4.69) is 5.32 Å². The molecule has 0 saturated carbocycles. The first kappa shape index (κ1) is 25.3.